The summed E-state index contributed by atoms with van der Waals surface area (Å²) in [5.74, 6) is -0.128. The molecule has 0 aliphatic rings. The van der Waals surface area contributed by atoms with Crippen molar-refractivity contribution in [3.63, 3.8) is 0 Å². The first-order valence-electron chi connectivity index (χ1n) is 7.36. The van der Waals surface area contributed by atoms with Gasteiger partial charge in [-0.25, -0.2) is 13.2 Å². The van der Waals surface area contributed by atoms with Crippen LogP contribution in [-0.4, -0.2) is 28.1 Å². The maximum Gasteiger partial charge on any atom is 0.343 e. The molecule has 0 saturated carbocycles. The average Bonchev–Trinajstić information content (AvgIpc) is 2.59. The maximum absolute atomic E-state index is 12.4. The largest absolute Gasteiger partial charge is 0.482 e. The van der Waals surface area contributed by atoms with Crippen LogP contribution in [0.25, 0.3) is 0 Å². The summed E-state index contributed by atoms with van der Waals surface area (Å²) in [7, 11) is -2.42. The fourth-order valence-electron chi connectivity index (χ4n) is 1.99. The van der Waals surface area contributed by atoms with Gasteiger partial charge in [-0.05, 0) is 48.4 Å². The van der Waals surface area contributed by atoms with Crippen molar-refractivity contribution in [1.29, 1.82) is 0 Å². The fourth-order valence-corrected chi connectivity index (χ4v) is 3.03. The number of carbonyl (C=O) groups is 1. The summed E-state index contributed by atoms with van der Waals surface area (Å²) in [6.07, 6.45) is 0.821. The predicted octanol–water partition coefficient (Wildman–Crippen LogP) is 2.60. The fraction of sp³-hybridized carbons (Fsp3) is 0.235. The van der Waals surface area contributed by atoms with Crippen LogP contribution in [-0.2, 0) is 26.0 Å². The molecule has 0 aliphatic heterocycles. The number of rotatable bonds is 7. The standard InChI is InChI=1S/C17H19NO5S/c1-3-13-5-4-6-14(11-13)18-24(20,21)16-9-7-15(8-10-16)23-12-17(19)22-2/h4-11,18H,3,12H2,1-2H3. The van der Waals surface area contributed by atoms with E-state index in [1.807, 2.05) is 13.0 Å². The first kappa shape index (κ1) is 17.8. The van der Waals surface area contributed by atoms with Gasteiger partial charge >= 0.3 is 5.97 Å². The van der Waals surface area contributed by atoms with Crippen LogP contribution in [0, 0.1) is 0 Å². The lowest BCUT2D eigenvalue weighted by Gasteiger charge is -2.10. The quantitative estimate of drug-likeness (QED) is 0.777. The van der Waals surface area contributed by atoms with Crippen molar-refractivity contribution in [1.82, 2.24) is 0 Å². The lowest BCUT2D eigenvalue weighted by Crippen LogP contribution is -2.14. The molecule has 24 heavy (non-hydrogen) atoms. The Morgan fingerprint density at radius 2 is 1.83 bits per heavy atom. The maximum atomic E-state index is 12.4. The minimum atomic E-state index is -3.69. The molecule has 0 spiro atoms. The molecule has 0 saturated heterocycles. The molecule has 128 valence electrons. The number of ether oxygens (including phenoxy) is 2. The van der Waals surface area contributed by atoms with Crippen molar-refractivity contribution < 1.29 is 22.7 Å². The Kier molecular flexibility index (Phi) is 5.81. The van der Waals surface area contributed by atoms with Gasteiger partial charge in [-0.1, -0.05) is 19.1 Å². The van der Waals surface area contributed by atoms with E-state index in [0.29, 0.717) is 11.4 Å². The third kappa shape index (κ3) is 4.73. The minimum Gasteiger partial charge on any atom is -0.482 e. The van der Waals surface area contributed by atoms with Crippen molar-refractivity contribution in [2.24, 2.45) is 0 Å². The first-order valence-corrected chi connectivity index (χ1v) is 8.84. The third-order valence-corrected chi connectivity index (χ3v) is 4.70. The zero-order chi connectivity index (χ0) is 17.6. The molecule has 0 radical (unpaired) electrons. The van der Waals surface area contributed by atoms with Crippen LogP contribution in [0.1, 0.15) is 12.5 Å². The zero-order valence-corrected chi connectivity index (χ0v) is 14.3. The number of sulfonamides is 1. The van der Waals surface area contributed by atoms with E-state index in [4.69, 9.17) is 4.74 Å². The molecule has 0 aliphatic carbocycles. The van der Waals surface area contributed by atoms with E-state index in [-0.39, 0.29) is 11.5 Å². The van der Waals surface area contributed by atoms with Crippen LogP contribution < -0.4 is 9.46 Å². The van der Waals surface area contributed by atoms with Crippen LogP contribution in [0.5, 0.6) is 5.75 Å². The Hall–Kier alpha value is -2.54. The monoisotopic (exact) mass is 349 g/mol. The highest BCUT2D eigenvalue weighted by Crippen LogP contribution is 2.20. The number of nitrogens with one attached hydrogen (secondary N) is 1. The molecular formula is C17H19NO5S. The highest BCUT2D eigenvalue weighted by atomic mass is 32.2. The van der Waals surface area contributed by atoms with E-state index in [9.17, 15) is 13.2 Å². The number of aryl methyl sites for hydroxylation is 1. The van der Waals surface area contributed by atoms with E-state index >= 15 is 0 Å². The summed E-state index contributed by atoms with van der Waals surface area (Å²) in [5.41, 5.74) is 1.56. The van der Waals surface area contributed by atoms with Crippen LogP contribution in [0.4, 0.5) is 5.69 Å². The lowest BCUT2D eigenvalue weighted by molar-refractivity contribution is -0.142. The second-order valence-electron chi connectivity index (χ2n) is 5.00. The summed E-state index contributed by atoms with van der Waals surface area (Å²) in [6.45, 7) is 1.77. The molecule has 7 heteroatoms. The highest BCUT2D eigenvalue weighted by Gasteiger charge is 2.14. The molecule has 2 aromatic rings. The summed E-state index contributed by atoms with van der Waals surface area (Å²) in [5, 5.41) is 0. The normalized spacial score (nSPS) is 10.9. The van der Waals surface area contributed by atoms with Gasteiger partial charge in [0.05, 0.1) is 12.0 Å². The number of esters is 1. The van der Waals surface area contributed by atoms with Gasteiger partial charge in [-0.2, -0.15) is 0 Å². The zero-order valence-electron chi connectivity index (χ0n) is 13.5. The number of anilines is 1. The minimum absolute atomic E-state index is 0.106. The molecule has 0 fully saturated rings. The van der Waals surface area contributed by atoms with E-state index < -0.39 is 16.0 Å². The number of hydrogen-bond donors (Lipinski definition) is 1. The Morgan fingerprint density at radius 1 is 1.12 bits per heavy atom. The molecule has 0 aromatic heterocycles. The Bertz CT molecular complexity index is 800. The van der Waals surface area contributed by atoms with Gasteiger partial charge < -0.3 is 9.47 Å². The molecule has 1 N–H and O–H groups in total. The van der Waals surface area contributed by atoms with Crippen molar-refractivity contribution in [2.75, 3.05) is 18.4 Å². The van der Waals surface area contributed by atoms with Gasteiger partial charge in [0.2, 0.25) is 0 Å². The lowest BCUT2D eigenvalue weighted by atomic mass is 10.1. The number of carbonyl (C=O) groups excluding carboxylic acids is 1. The van der Waals surface area contributed by atoms with Gasteiger partial charge in [0.15, 0.2) is 6.61 Å². The molecule has 6 nitrogen and oxygen atoms in total. The van der Waals surface area contributed by atoms with Crippen LogP contribution in [0.15, 0.2) is 53.4 Å². The van der Waals surface area contributed by atoms with Gasteiger partial charge in [0.25, 0.3) is 10.0 Å². The van der Waals surface area contributed by atoms with E-state index in [0.717, 1.165) is 12.0 Å². The van der Waals surface area contributed by atoms with Gasteiger partial charge in [-0.15, -0.1) is 0 Å². The number of methoxy groups -OCH3 is 1. The van der Waals surface area contributed by atoms with Gasteiger partial charge in [-0.3, -0.25) is 4.72 Å². The summed E-state index contributed by atoms with van der Waals surface area (Å²) < 4.78 is 37.0. The van der Waals surface area contributed by atoms with E-state index in [1.165, 1.54) is 31.4 Å². The van der Waals surface area contributed by atoms with Crippen molar-refractivity contribution in [3.8, 4) is 5.75 Å². The Labute approximate surface area is 141 Å². The molecule has 0 bridgehead atoms. The SMILES string of the molecule is CCc1cccc(NS(=O)(=O)c2ccc(OCC(=O)OC)cc2)c1. The van der Waals surface area contributed by atoms with Crippen molar-refractivity contribution in [3.05, 3.63) is 54.1 Å². The third-order valence-electron chi connectivity index (χ3n) is 3.31. The van der Waals surface area contributed by atoms with Gasteiger partial charge in [0, 0.05) is 5.69 Å². The summed E-state index contributed by atoms with van der Waals surface area (Å²) in [6, 6.07) is 13.0. The van der Waals surface area contributed by atoms with Crippen molar-refractivity contribution in [2.45, 2.75) is 18.2 Å². The number of benzene rings is 2. The van der Waals surface area contributed by atoms with Crippen LogP contribution in [0.3, 0.4) is 0 Å². The predicted molar refractivity (Wildman–Crippen MR) is 90.6 cm³/mol. The van der Waals surface area contributed by atoms with Crippen molar-refractivity contribution >= 4 is 21.7 Å². The molecule has 0 heterocycles. The molecule has 2 aromatic carbocycles. The van der Waals surface area contributed by atoms with Gasteiger partial charge in [0.1, 0.15) is 5.75 Å². The summed E-state index contributed by atoms with van der Waals surface area (Å²) in [4.78, 5) is 11.1. The summed E-state index contributed by atoms with van der Waals surface area (Å²) >= 11 is 0. The van der Waals surface area contributed by atoms with E-state index in [1.54, 1.807) is 18.2 Å². The molecule has 2 rings (SSSR count). The molecular weight excluding hydrogens is 330 g/mol. The Morgan fingerprint density at radius 3 is 2.46 bits per heavy atom. The molecule has 0 amide bonds. The number of hydrogen-bond acceptors (Lipinski definition) is 5. The average molecular weight is 349 g/mol. The first-order chi connectivity index (χ1) is 11.4. The topological polar surface area (TPSA) is 81.7 Å². The molecule has 0 atom stereocenters. The van der Waals surface area contributed by atoms with Crippen LogP contribution >= 0.6 is 0 Å². The van der Waals surface area contributed by atoms with E-state index in [2.05, 4.69) is 9.46 Å². The second kappa shape index (κ2) is 7.83. The highest BCUT2D eigenvalue weighted by molar-refractivity contribution is 7.92. The van der Waals surface area contributed by atoms with Crippen LogP contribution in [0.2, 0.25) is 0 Å². The second-order valence-corrected chi connectivity index (χ2v) is 6.68. The molecule has 0 unspecified atom stereocenters. The Balaban J connectivity index is 2.10. The smallest absolute Gasteiger partial charge is 0.343 e.